The topological polar surface area (TPSA) is 84.3 Å². The van der Waals surface area contributed by atoms with Gasteiger partial charge in [-0.3, -0.25) is 0 Å². The number of aryl methyl sites for hydroxylation is 2. The predicted octanol–water partition coefficient (Wildman–Crippen LogP) is 3.47. The third-order valence-electron chi connectivity index (χ3n) is 3.31. The first kappa shape index (κ1) is 14.3. The van der Waals surface area contributed by atoms with Crippen LogP contribution in [0, 0.1) is 13.8 Å². The van der Waals surface area contributed by atoms with Crippen molar-refractivity contribution in [2.24, 2.45) is 5.73 Å². The van der Waals surface area contributed by atoms with Crippen molar-refractivity contribution in [3.05, 3.63) is 41.5 Å². The number of benzene rings is 2. The van der Waals surface area contributed by atoms with Gasteiger partial charge >= 0.3 is 0 Å². The van der Waals surface area contributed by atoms with Crippen molar-refractivity contribution in [2.75, 3.05) is 5.32 Å². The summed E-state index contributed by atoms with van der Waals surface area (Å²) < 4.78 is 5.82. The normalized spacial score (nSPS) is 10.8. The van der Waals surface area contributed by atoms with Crippen LogP contribution in [-0.2, 0) is 0 Å². The quantitative estimate of drug-likeness (QED) is 0.496. The molecule has 0 aliphatic rings. The van der Waals surface area contributed by atoms with E-state index < -0.39 is 0 Å². The van der Waals surface area contributed by atoms with Gasteiger partial charge in [-0.15, -0.1) is 0 Å². The Balaban J connectivity index is 2.14. The highest BCUT2D eigenvalue weighted by atomic mass is 32.1. The smallest absolute Gasteiger partial charge is 0.231 e. The Morgan fingerprint density at radius 1 is 1.27 bits per heavy atom. The van der Waals surface area contributed by atoms with Crippen LogP contribution in [0.3, 0.4) is 0 Å². The van der Waals surface area contributed by atoms with Gasteiger partial charge in [0.2, 0.25) is 5.89 Å². The summed E-state index contributed by atoms with van der Waals surface area (Å²) in [5, 5.41) is 13.1. The van der Waals surface area contributed by atoms with Gasteiger partial charge in [-0.1, -0.05) is 6.07 Å². The molecule has 0 aliphatic carbocycles. The van der Waals surface area contributed by atoms with Gasteiger partial charge in [-0.2, -0.15) is 0 Å². The third-order valence-corrected chi connectivity index (χ3v) is 3.42. The van der Waals surface area contributed by atoms with E-state index in [-0.39, 0.29) is 10.9 Å². The molecule has 0 amide bonds. The summed E-state index contributed by atoms with van der Waals surface area (Å²) in [4.78, 5) is 4.47. The number of hydrogen-bond acceptors (Lipinski definition) is 4. The molecule has 0 radical (unpaired) electrons. The maximum Gasteiger partial charge on any atom is 0.231 e. The minimum absolute atomic E-state index is 0.0782. The molecule has 4 N–H and O–H groups in total. The molecular weight excluding hydrogens is 298 g/mol. The number of aromatic nitrogens is 1. The van der Waals surface area contributed by atoms with Crippen molar-refractivity contribution in [1.82, 2.24) is 4.98 Å². The number of nitrogens with two attached hydrogens (primary N) is 1. The van der Waals surface area contributed by atoms with Crippen LogP contribution < -0.4 is 11.1 Å². The minimum atomic E-state index is 0.0782. The number of fused-ring (bicyclic) bond motifs is 1. The van der Waals surface area contributed by atoms with Crippen LogP contribution in [0.15, 0.2) is 34.7 Å². The minimum Gasteiger partial charge on any atom is -0.507 e. The molecule has 6 heteroatoms. The number of aromatic hydroxyl groups is 1. The first-order valence-corrected chi connectivity index (χ1v) is 7.12. The van der Waals surface area contributed by atoms with Crippen LogP contribution in [0.5, 0.6) is 5.75 Å². The molecular formula is C16H15N3O2S. The van der Waals surface area contributed by atoms with E-state index in [9.17, 15) is 5.11 Å². The molecule has 0 unspecified atom stereocenters. The van der Waals surface area contributed by atoms with Crippen molar-refractivity contribution in [3.63, 3.8) is 0 Å². The molecule has 3 rings (SSSR count). The fourth-order valence-electron chi connectivity index (χ4n) is 2.42. The van der Waals surface area contributed by atoms with E-state index in [1.165, 1.54) is 0 Å². The molecule has 2 aromatic carbocycles. The zero-order valence-corrected chi connectivity index (χ0v) is 13.0. The number of thiocarbonyl (C=S) groups is 1. The van der Waals surface area contributed by atoms with E-state index in [4.69, 9.17) is 22.4 Å². The fourth-order valence-corrected chi connectivity index (χ4v) is 2.54. The Morgan fingerprint density at radius 3 is 2.77 bits per heavy atom. The standard InChI is InChI=1S/C16H15N3O2S/c1-8-5-9(2)14-12(6-8)19-15(21-14)11-7-10(18-16(17)22)3-4-13(11)20/h3-7,20H,1-2H3,(H3,17,18,22). The van der Waals surface area contributed by atoms with Crippen LogP contribution in [-0.4, -0.2) is 15.2 Å². The summed E-state index contributed by atoms with van der Waals surface area (Å²) in [6, 6.07) is 8.89. The SMILES string of the molecule is Cc1cc(C)c2oc(-c3cc(NC(N)=S)ccc3O)nc2c1. The molecule has 112 valence electrons. The first-order valence-electron chi connectivity index (χ1n) is 6.71. The molecule has 1 heterocycles. The van der Waals surface area contributed by atoms with Gasteiger partial charge in [0.25, 0.3) is 0 Å². The van der Waals surface area contributed by atoms with Crippen LogP contribution in [0.4, 0.5) is 5.69 Å². The van der Waals surface area contributed by atoms with Crippen molar-refractivity contribution in [3.8, 4) is 17.2 Å². The van der Waals surface area contributed by atoms with Crippen molar-refractivity contribution >= 4 is 34.1 Å². The summed E-state index contributed by atoms with van der Waals surface area (Å²) in [7, 11) is 0. The lowest BCUT2D eigenvalue weighted by atomic mass is 10.1. The number of hydrogen-bond donors (Lipinski definition) is 3. The first-order chi connectivity index (χ1) is 10.4. The Hall–Kier alpha value is -2.60. The van der Waals surface area contributed by atoms with Gasteiger partial charge in [0.1, 0.15) is 11.3 Å². The number of nitrogens with zero attached hydrogens (tertiary/aromatic N) is 1. The van der Waals surface area contributed by atoms with E-state index >= 15 is 0 Å². The zero-order chi connectivity index (χ0) is 15.9. The van der Waals surface area contributed by atoms with E-state index in [0.29, 0.717) is 22.7 Å². The van der Waals surface area contributed by atoms with Gasteiger partial charge < -0.3 is 20.6 Å². The van der Waals surface area contributed by atoms with Crippen LogP contribution in [0.1, 0.15) is 11.1 Å². The molecule has 3 aromatic rings. The Labute approximate surface area is 132 Å². The van der Waals surface area contributed by atoms with E-state index in [1.807, 2.05) is 26.0 Å². The molecule has 0 spiro atoms. The molecule has 1 aromatic heterocycles. The number of oxazole rings is 1. The van der Waals surface area contributed by atoms with Crippen molar-refractivity contribution in [1.29, 1.82) is 0 Å². The van der Waals surface area contributed by atoms with Gasteiger partial charge in [0, 0.05) is 5.69 Å². The molecule has 0 aliphatic heterocycles. The maximum atomic E-state index is 10.1. The second-order valence-corrected chi connectivity index (χ2v) is 5.61. The lowest BCUT2D eigenvalue weighted by molar-refractivity contribution is 0.474. The summed E-state index contributed by atoms with van der Waals surface area (Å²) in [5.74, 6) is 0.433. The summed E-state index contributed by atoms with van der Waals surface area (Å²) in [6.45, 7) is 3.97. The number of nitrogens with one attached hydrogen (secondary N) is 1. The lowest BCUT2D eigenvalue weighted by Gasteiger charge is -2.06. The number of phenols is 1. The molecule has 0 bridgehead atoms. The van der Waals surface area contributed by atoms with Crippen LogP contribution >= 0.6 is 12.2 Å². The second-order valence-electron chi connectivity index (χ2n) is 5.17. The highest BCUT2D eigenvalue weighted by Gasteiger charge is 2.14. The molecule has 22 heavy (non-hydrogen) atoms. The summed E-state index contributed by atoms with van der Waals surface area (Å²) in [6.07, 6.45) is 0. The lowest BCUT2D eigenvalue weighted by Crippen LogP contribution is -2.18. The van der Waals surface area contributed by atoms with Gasteiger partial charge in [0.05, 0.1) is 5.56 Å². The van der Waals surface area contributed by atoms with Crippen LogP contribution in [0.2, 0.25) is 0 Å². The average molecular weight is 313 g/mol. The Kier molecular flexibility index (Phi) is 3.46. The van der Waals surface area contributed by atoms with E-state index in [2.05, 4.69) is 10.3 Å². The Bertz CT molecular complexity index is 886. The third kappa shape index (κ3) is 2.60. The zero-order valence-electron chi connectivity index (χ0n) is 12.2. The molecule has 0 saturated carbocycles. The number of anilines is 1. The summed E-state index contributed by atoms with van der Waals surface area (Å²) in [5.41, 5.74) is 10.2. The van der Waals surface area contributed by atoms with Gasteiger partial charge in [-0.05, 0) is 61.5 Å². The summed E-state index contributed by atoms with van der Waals surface area (Å²) >= 11 is 4.82. The fraction of sp³-hybridized carbons (Fsp3) is 0.125. The van der Waals surface area contributed by atoms with E-state index in [1.54, 1.807) is 18.2 Å². The van der Waals surface area contributed by atoms with Gasteiger partial charge in [-0.25, -0.2) is 4.98 Å². The molecule has 0 saturated heterocycles. The average Bonchev–Trinajstić information content (AvgIpc) is 2.84. The number of phenolic OH excluding ortho intramolecular Hbond substituents is 1. The second kappa shape index (κ2) is 5.31. The molecule has 5 nitrogen and oxygen atoms in total. The maximum absolute atomic E-state index is 10.1. The monoisotopic (exact) mass is 313 g/mol. The van der Waals surface area contributed by atoms with Gasteiger partial charge in [0.15, 0.2) is 10.7 Å². The molecule has 0 atom stereocenters. The van der Waals surface area contributed by atoms with Crippen LogP contribution in [0.25, 0.3) is 22.6 Å². The largest absolute Gasteiger partial charge is 0.507 e. The molecule has 0 fully saturated rings. The van der Waals surface area contributed by atoms with Crippen molar-refractivity contribution in [2.45, 2.75) is 13.8 Å². The highest BCUT2D eigenvalue weighted by molar-refractivity contribution is 7.80. The van der Waals surface area contributed by atoms with E-state index in [0.717, 1.165) is 16.6 Å². The number of rotatable bonds is 2. The highest BCUT2D eigenvalue weighted by Crippen LogP contribution is 2.34. The Morgan fingerprint density at radius 2 is 2.05 bits per heavy atom. The van der Waals surface area contributed by atoms with Crippen molar-refractivity contribution < 1.29 is 9.52 Å². The predicted molar refractivity (Wildman–Crippen MR) is 91.0 cm³/mol.